The van der Waals surface area contributed by atoms with E-state index in [2.05, 4.69) is 28.9 Å². The van der Waals surface area contributed by atoms with Crippen molar-refractivity contribution < 1.29 is 9.53 Å². The molecule has 118 valence electrons. The molecule has 2 saturated heterocycles. The first kappa shape index (κ1) is 15.0. The molecule has 0 aromatic rings. The summed E-state index contributed by atoms with van der Waals surface area (Å²) in [5, 5.41) is 0. The number of nitrogens with zero attached hydrogens (tertiary/aromatic N) is 2. The summed E-state index contributed by atoms with van der Waals surface area (Å²) in [6, 6.07) is 0. The number of rotatable bonds is 4. The van der Waals surface area contributed by atoms with E-state index in [9.17, 15) is 4.79 Å². The average molecular weight is 292 g/mol. The molecule has 2 heterocycles. The lowest BCUT2D eigenvalue weighted by Crippen LogP contribution is -2.39. The molecule has 2 fully saturated rings. The summed E-state index contributed by atoms with van der Waals surface area (Å²) in [5.74, 6) is 1.16. The van der Waals surface area contributed by atoms with E-state index < -0.39 is 0 Å². The van der Waals surface area contributed by atoms with Crippen LogP contribution in [0, 0.1) is 17.3 Å². The molecule has 1 aliphatic carbocycles. The Balaban J connectivity index is 1.67. The van der Waals surface area contributed by atoms with E-state index in [1.165, 1.54) is 0 Å². The van der Waals surface area contributed by atoms with Crippen LogP contribution in [0.1, 0.15) is 26.2 Å². The molecule has 4 heteroatoms. The van der Waals surface area contributed by atoms with Gasteiger partial charge in [-0.05, 0) is 25.8 Å². The SMILES string of the molecule is CCN1C[C@@H](COC)[C@@]2(CCN(C(=O)C3CC=CC3)C2)C1. The molecule has 0 unspecified atom stereocenters. The maximum absolute atomic E-state index is 12.6. The number of amides is 1. The maximum Gasteiger partial charge on any atom is 0.226 e. The Bertz CT molecular complexity index is 415. The van der Waals surface area contributed by atoms with Crippen LogP contribution in [-0.2, 0) is 9.53 Å². The van der Waals surface area contributed by atoms with Gasteiger partial charge in [-0.3, -0.25) is 4.79 Å². The van der Waals surface area contributed by atoms with Crippen molar-refractivity contribution in [2.75, 3.05) is 46.4 Å². The molecule has 21 heavy (non-hydrogen) atoms. The number of ether oxygens (including phenoxy) is 1. The average Bonchev–Trinajstić information content (AvgIpc) is 3.21. The third-order valence-electron chi connectivity index (χ3n) is 5.75. The first-order chi connectivity index (χ1) is 10.2. The zero-order valence-corrected chi connectivity index (χ0v) is 13.4. The van der Waals surface area contributed by atoms with Crippen molar-refractivity contribution >= 4 is 5.91 Å². The molecule has 4 nitrogen and oxygen atoms in total. The van der Waals surface area contributed by atoms with E-state index in [1.807, 2.05) is 0 Å². The lowest BCUT2D eigenvalue weighted by molar-refractivity contribution is -0.134. The first-order valence-corrected chi connectivity index (χ1v) is 8.33. The van der Waals surface area contributed by atoms with E-state index in [1.54, 1.807) is 7.11 Å². The molecular weight excluding hydrogens is 264 g/mol. The standard InChI is InChI=1S/C17H28N2O2/c1-3-18-10-15(11-21-2)17(12-18)8-9-19(13-17)16(20)14-6-4-5-7-14/h4-5,14-15H,3,6-13H2,1-2H3/t15-,17-/m0/s1. The summed E-state index contributed by atoms with van der Waals surface area (Å²) in [7, 11) is 1.80. The third kappa shape index (κ3) is 2.76. The highest BCUT2D eigenvalue weighted by atomic mass is 16.5. The van der Waals surface area contributed by atoms with Gasteiger partial charge >= 0.3 is 0 Å². The topological polar surface area (TPSA) is 32.8 Å². The number of methoxy groups -OCH3 is 1. The minimum Gasteiger partial charge on any atom is -0.384 e. The fourth-order valence-corrected chi connectivity index (χ4v) is 4.44. The lowest BCUT2D eigenvalue weighted by atomic mass is 9.77. The second-order valence-corrected chi connectivity index (χ2v) is 6.99. The predicted octanol–water partition coefficient (Wildman–Crippen LogP) is 1.77. The van der Waals surface area contributed by atoms with Gasteiger partial charge in [-0.15, -0.1) is 0 Å². The smallest absolute Gasteiger partial charge is 0.226 e. The van der Waals surface area contributed by atoms with Gasteiger partial charge < -0.3 is 14.5 Å². The molecule has 2 aliphatic heterocycles. The Kier molecular flexibility index (Phi) is 4.36. The third-order valence-corrected chi connectivity index (χ3v) is 5.75. The van der Waals surface area contributed by atoms with Crippen molar-refractivity contribution in [1.82, 2.24) is 9.80 Å². The highest BCUT2D eigenvalue weighted by Crippen LogP contribution is 2.44. The summed E-state index contributed by atoms with van der Waals surface area (Å²) in [4.78, 5) is 17.3. The Morgan fingerprint density at radius 2 is 2.10 bits per heavy atom. The van der Waals surface area contributed by atoms with Gasteiger partial charge in [0, 0.05) is 50.5 Å². The van der Waals surface area contributed by atoms with Crippen LogP contribution in [-0.4, -0.2) is 62.1 Å². The minimum atomic E-state index is 0.213. The predicted molar refractivity (Wildman–Crippen MR) is 83.0 cm³/mol. The molecule has 1 spiro atoms. The molecule has 0 N–H and O–H groups in total. The fourth-order valence-electron chi connectivity index (χ4n) is 4.44. The fraction of sp³-hybridized carbons (Fsp3) is 0.824. The van der Waals surface area contributed by atoms with Gasteiger partial charge in [0.2, 0.25) is 5.91 Å². The number of carbonyl (C=O) groups excluding carboxylic acids is 1. The highest BCUT2D eigenvalue weighted by molar-refractivity contribution is 5.80. The van der Waals surface area contributed by atoms with Crippen LogP contribution in [0.4, 0.5) is 0 Å². The maximum atomic E-state index is 12.6. The Morgan fingerprint density at radius 3 is 2.76 bits per heavy atom. The molecule has 0 saturated carbocycles. The number of hydrogen-bond donors (Lipinski definition) is 0. The van der Waals surface area contributed by atoms with Crippen molar-refractivity contribution in [2.45, 2.75) is 26.2 Å². The van der Waals surface area contributed by atoms with Crippen molar-refractivity contribution in [2.24, 2.45) is 17.3 Å². The first-order valence-electron chi connectivity index (χ1n) is 8.33. The second kappa shape index (κ2) is 6.09. The van der Waals surface area contributed by atoms with Gasteiger partial charge in [-0.1, -0.05) is 19.1 Å². The lowest BCUT2D eigenvalue weighted by Gasteiger charge is -2.30. The van der Waals surface area contributed by atoms with E-state index in [0.29, 0.717) is 11.8 Å². The second-order valence-electron chi connectivity index (χ2n) is 6.99. The molecule has 0 aromatic heterocycles. The Labute approximate surface area is 128 Å². The summed E-state index contributed by atoms with van der Waals surface area (Å²) < 4.78 is 5.46. The minimum absolute atomic E-state index is 0.213. The number of likely N-dealkylation sites (tertiary alicyclic amines) is 2. The van der Waals surface area contributed by atoms with Crippen molar-refractivity contribution in [1.29, 1.82) is 0 Å². The zero-order valence-electron chi connectivity index (χ0n) is 13.4. The molecule has 0 aromatic carbocycles. The normalized spacial score (nSPS) is 33.6. The summed E-state index contributed by atoms with van der Waals surface area (Å²) >= 11 is 0. The van der Waals surface area contributed by atoms with Crippen LogP contribution >= 0.6 is 0 Å². The summed E-state index contributed by atoms with van der Waals surface area (Å²) in [6.45, 7) is 8.28. The number of hydrogen-bond acceptors (Lipinski definition) is 3. The van der Waals surface area contributed by atoms with E-state index >= 15 is 0 Å². The summed E-state index contributed by atoms with van der Waals surface area (Å²) in [5.41, 5.74) is 0.272. The molecule has 3 rings (SSSR count). The quantitative estimate of drug-likeness (QED) is 0.740. The van der Waals surface area contributed by atoms with E-state index in [0.717, 1.165) is 58.6 Å². The molecule has 2 atom stereocenters. The molecule has 0 radical (unpaired) electrons. The molecular formula is C17H28N2O2. The van der Waals surface area contributed by atoms with Crippen LogP contribution in [0.3, 0.4) is 0 Å². The Morgan fingerprint density at radius 1 is 1.33 bits per heavy atom. The number of carbonyl (C=O) groups is 1. The Hall–Kier alpha value is -0.870. The van der Waals surface area contributed by atoms with Crippen molar-refractivity contribution in [3.8, 4) is 0 Å². The van der Waals surface area contributed by atoms with Gasteiger partial charge in [-0.25, -0.2) is 0 Å². The number of allylic oxidation sites excluding steroid dienone is 2. The molecule has 3 aliphatic rings. The molecule has 0 bridgehead atoms. The van der Waals surface area contributed by atoms with E-state index in [-0.39, 0.29) is 11.3 Å². The van der Waals surface area contributed by atoms with Crippen molar-refractivity contribution in [3.63, 3.8) is 0 Å². The van der Waals surface area contributed by atoms with Gasteiger partial charge in [0.25, 0.3) is 0 Å². The van der Waals surface area contributed by atoms with Gasteiger partial charge in [0.15, 0.2) is 0 Å². The van der Waals surface area contributed by atoms with Crippen LogP contribution in [0.2, 0.25) is 0 Å². The van der Waals surface area contributed by atoms with Crippen LogP contribution in [0.5, 0.6) is 0 Å². The van der Waals surface area contributed by atoms with Crippen molar-refractivity contribution in [3.05, 3.63) is 12.2 Å². The van der Waals surface area contributed by atoms with Gasteiger partial charge in [0.05, 0.1) is 6.61 Å². The van der Waals surface area contributed by atoms with Crippen LogP contribution in [0.25, 0.3) is 0 Å². The zero-order chi connectivity index (χ0) is 14.9. The highest BCUT2D eigenvalue weighted by Gasteiger charge is 2.51. The van der Waals surface area contributed by atoms with Gasteiger partial charge in [-0.2, -0.15) is 0 Å². The largest absolute Gasteiger partial charge is 0.384 e. The molecule has 1 amide bonds. The van der Waals surface area contributed by atoms with Crippen LogP contribution in [0.15, 0.2) is 12.2 Å². The van der Waals surface area contributed by atoms with Crippen LogP contribution < -0.4 is 0 Å². The summed E-state index contributed by atoms with van der Waals surface area (Å²) in [6.07, 6.45) is 7.31. The van der Waals surface area contributed by atoms with Gasteiger partial charge in [0.1, 0.15) is 0 Å². The monoisotopic (exact) mass is 292 g/mol. The van der Waals surface area contributed by atoms with E-state index in [4.69, 9.17) is 4.74 Å².